The fourth-order valence-corrected chi connectivity index (χ4v) is 5.18. The molecule has 0 unspecified atom stereocenters. The molecule has 1 aromatic heterocycles. The molecule has 3 aromatic rings. The Labute approximate surface area is 213 Å². The van der Waals surface area contributed by atoms with E-state index in [2.05, 4.69) is 20.5 Å². The Kier molecular flexibility index (Phi) is 7.88. The van der Waals surface area contributed by atoms with Crippen LogP contribution in [-0.4, -0.2) is 42.6 Å². The Bertz CT molecular complexity index is 1300. The molecular formula is C27H33N5O3S. The van der Waals surface area contributed by atoms with E-state index in [4.69, 9.17) is 4.98 Å². The summed E-state index contributed by atoms with van der Waals surface area (Å²) in [7, 11) is -3.33. The van der Waals surface area contributed by atoms with Crippen LogP contribution in [0.25, 0.3) is 0 Å². The Morgan fingerprint density at radius 3 is 2.22 bits per heavy atom. The summed E-state index contributed by atoms with van der Waals surface area (Å²) in [5.41, 5.74) is 3.15. The fourth-order valence-electron chi connectivity index (χ4n) is 4.12. The number of rotatable bonds is 8. The molecule has 190 valence electrons. The molecule has 0 spiro atoms. The Morgan fingerprint density at radius 1 is 0.944 bits per heavy atom. The van der Waals surface area contributed by atoms with Gasteiger partial charge in [0, 0.05) is 36.2 Å². The number of amides is 1. The zero-order valence-electron chi connectivity index (χ0n) is 21.0. The highest BCUT2D eigenvalue weighted by atomic mass is 32.2. The number of aryl methyl sites for hydroxylation is 1. The summed E-state index contributed by atoms with van der Waals surface area (Å²) in [4.78, 5) is 24.3. The number of hydrogen-bond acceptors (Lipinski definition) is 7. The van der Waals surface area contributed by atoms with E-state index < -0.39 is 15.1 Å². The molecule has 1 aliphatic rings. The van der Waals surface area contributed by atoms with E-state index in [1.54, 1.807) is 38.1 Å². The molecule has 1 aliphatic heterocycles. The van der Waals surface area contributed by atoms with Crippen molar-refractivity contribution < 1.29 is 13.2 Å². The van der Waals surface area contributed by atoms with Gasteiger partial charge in [0.2, 0.25) is 11.9 Å². The number of aromatic nitrogens is 2. The monoisotopic (exact) mass is 507 g/mol. The van der Waals surface area contributed by atoms with Gasteiger partial charge < -0.3 is 15.5 Å². The van der Waals surface area contributed by atoms with Crippen molar-refractivity contribution in [3.63, 3.8) is 0 Å². The molecule has 2 N–H and O–H groups in total. The molecular weight excluding hydrogens is 474 g/mol. The van der Waals surface area contributed by atoms with Crippen LogP contribution in [0.1, 0.15) is 44.4 Å². The lowest BCUT2D eigenvalue weighted by molar-refractivity contribution is -0.115. The van der Waals surface area contributed by atoms with Crippen LogP contribution in [0.15, 0.2) is 59.5 Å². The van der Waals surface area contributed by atoms with Gasteiger partial charge in [0.1, 0.15) is 5.82 Å². The van der Waals surface area contributed by atoms with Gasteiger partial charge in [-0.25, -0.2) is 13.4 Å². The third-order valence-corrected chi connectivity index (χ3v) is 8.35. The van der Waals surface area contributed by atoms with Gasteiger partial charge in [0.15, 0.2) is 9.84 Å². The summed E-state index contributed by atoms with van der Waals surface area (Å²) in [6, 6.07) is 15.9. The van der Waals surface area contributed by atoms with Gasteiger partial charge in [0.05, 0.1) is 16.6 Å². The highest BCUT2D eigenvalue weighted by molar-refractivity contribution is 7.92. The summed E-state index contributed by atoms with van der Waals surface area (Å²) >= 11 is 0. The lowest BCUT2D eigenvalue weighted by atomic mass is 10.1. The minimum atomic E-state index is -3.33. The van der Waals surface area contributed by atoms with Gasteiger partial charge in [-0.05, 0) is 82.0 Å². The number of carbonyl (C=O) groups excluding carboxylic acids is 1. The van der Waals surface area contributed by atoms with Crippen LogP contribution in [0.4, 0.5) is 23.1 Å². The third-order valence-electron chi connectivity index (χ3n) is 6.18. The molecule has 4 rings (SSSR count). The van der Waals surface area contributed by atoms with E-state index in [0.717, 1.165) is 35.9 Å². The second kappa shape index (κ2) is 11.1. The number of nitrogens with zero attached hydrogens (tertiary/aromatic N) is 3. The van der Waals surface area contributed by atoms with Crippen molar-refractivity contribution in [2.75, 3.05) is 28.6 Å². The Hall–Kier alpha value is -3.46. The molecule has 36 heavy (non-hydrogen) atoms. The van der Waals surface area contributed by atoms with Crippen molar-refractivity contribution in [3.8, 4) is 0 Å². The molecule has 2 heterocycles. The quantitative estimate of drug-likeness (QED) is 0.448. The fraction of sp³-hybridized carbons (Fsp3) is 0.370. The van der Waals surface area contributed by atoms with Crippen LogP contribution in [0, 0.1) is 6.92 Å². The van der Waals surface area contributed by atoms with Crippen LogP contribution >= 0.6 is 0 Å². The highest BCUT2D eigenvalue weighted by Gasteiger charge is 2.19. The molecule has 1 fully saturated rings. The lowest BCUT2D eigenvalue weighted by Gasteiger charge is -2.28. The summed E-state index contributed by atoms with van der Waals surface area (Å²) in [5.74, 6) is 1.32. The number of anilines is 4. The van der Waals surface area contributed by atoms with E-state index in [0.29, 0.717) is 11.6 Å². The summed E-state index contributed by atoms with van der Waals surface area (Å²) < 4.78 is 24.5. The van der Waals surface area contributed by atoms with E-state index >= 15 is 0 Å². The maximum atomic E-state index is 12.5. The van der Waals surface area contributed by atoms with Crippen LogP contribution in [0.2, 0.25) is 0 Å². The SMILES string of the molecule is Cc1cc(N2CCCCC2)nc(Nc2ccc(NC(=O)Cc3ccc(S(=O)(=O)C(C)C)cc3)cc2)n1. The highest BCUT2D eigenvalue weighted by Crippen LogP contribution is 2.23. The largest absolute Gasteiger partial charge is 0.356 e. The topological polar surface area (TPSA) is 104 Å². The number of benzene rings is 2. The lowest BCUT2D eigenvalue weighted by Crippen LogP contribution is -2.30. The number of nitrogens with one attached hydrogen (secondary N) is 2. The predicted molar refractivity (Wildman–Crippen MR) is 144 cm³/mol. The summed E-state index contributed by atoms with van der Waals surface area (Å²) in [6.45, 7) is 7.31. The molecule has 0 bridgehead atoms. The first-order valence-corrected chi connectivity index (χ1v) is 13.9. The molecule has 0 radical (unpaired) electrons. The van der Waals surface area contributed by atoms with Crippen molar-refractivity contribution in [1.29, 1.82) is 0 Å². The first-order valence-electron chi connectivity index (χ1n) is 12.3. The van der Waals surface area contributed by atoms with Crippen LogP contribution < -0.4 is 15.5 Å². The van der Waals surface area contributed by atoms with Gasteiger partial charge in [0.25, 0.3) is 0 Å². The second-order valence-corrected chi connectivity index (χ2v) is 11.9. The minimum absolute atomic E-state index is 0.151. The average molecular weight is 508 g/mol. The second-order valence-electron chi connectivity index (χ2n) is 9.40. The molecule has 0 saturated carbocycles. The standard InChI is InChI=1S/C27H33N5O3S/c1-19(2)36(34,35)24-13-7-21(8-14-24)18-26(33)29-22-9-11-23(12-10-22)30-27-28-20(3)17-25(31-27)32-15-5-4-6-16-32/h7-14,17,19H,4-6,15-16,18H2,1-3H3,(H,29,33)(H,28,30,31). The molecule has 1 amide bonds. The molecule has 0 atom stereocenters. The molecule has 1 saturated heterocycles. The summed E-state index contributed by atoms with van der Waals surface area (Å²) in [6.07, 6.45) is 3.79. The minimum Gasteiger partial charge on any atom is -0.356 e. The molecule has 2 aromatic carbocycles. The van der Waals surface area contributed by atoms with Crippen molar-refractivity contribution in [2.24, 2.45) is 0 Å². The van der Waals surface area contributed by atoms with Crippen molar-refractivity contribution in [2.45, 2.75) is 56.6 Å². The van der Waals surface area contributed by atoms with Crippen molar-refractivity contribution in [1.82, 2.24) is 9.97 Å². The number of piperidine rings is 1. The van der Waals surface area contributed by atoms with Crippen LogP contribution in [0.3, 0.4) is 0 Å². The van der Waals surface area contributed by atoms with Gasteiger partial charge in [-0.15, -0.1) is 0 Å². The maximum Gasteiger partial charge on any atom is 0.229 e. The molecule has 9 heteroatoms. The van der Waals surface area contributed by atoms with E-state index in [1.165, 1.54) is 19.3 Å². The first kappa shape index (κ1) is 25.6. The predicted octanol–water partition coefficient (Wildman–Crippen LogP) is 4.88. The zero-order chi connectivity index (χ0) is 25.7. The van der Waals surface area contributed by atoms with Gasteiger partial charge >= 0.3 is 0 Å². The van der Waals surface area contributed by atoms with Crippen molar-refractivity contribution in [3.05, 3.63) is 65.9 Å². The first-order chi connectivity index (χ1) is 17.2. The van der Waals surface area contributed by atoms with Gasteiger partial charge in [-0.2, -0.15) is 4.98 Å². The Balaban J connectivity index is 1.35. The number of sulfone groups is 1. The Morgan fingerprint density at radius 2 is 1.58 bits per heavy atom. The van der Waals surface area contributed by atoms with Crippen molar-refractivity contribution >= 4 is 38.9 Å². The smallest absolute Gasteiger partial charge is 0.229 e. The molecule has 0 aliphatic carbocycles. The van der Waals surface area contributed by atoms with Crippen LogP contribution in [-0.2, 0) is 21.1 Å². The summed E-state index contributed by atoms with van der Waals surface area (Å²) in [5, 5.41) is 5.65. The van der Waals surface area contributed by atoms with Crippen LogP contribution in [0.5, 0.6) is 0 Å². The van der Waals surface area contributed by atoms with Gasteiger partial charge in [-0.3, -0.25) is 4.79 Å². The number of hydrogen-bond donors (Lipinski definition) is 2. The number of carbonyl (C=O) groups is 1. The average Bonchev–Trinajstić information content (AvgIpc) is 2.85. The van der Waals surface area contributed by atoms with E-state index in [-0.39, 0.29) is 17.2 Å². The maximum absolute atomic E-state index is 12.5. The van der Waals surface area contributed by atoms with E-state index in [9.17, 15) is 13.2 Å². The van der Waals surface area contributed by atoms with Gasteiger partial charge in [-0.1, -0.05) is 12.1 Å². The van der Waals surface area contributed by atoms with E-state index in [1.807, 2.05) is 37.3 Å². The zero-order valence-corrected chi connectivity index (χ0v) is 21.8. The normalized spacial score (nSPS) is 14.1. The third kappa shape index (κ3) is 6.40. The molecule has 8 nitrogen and oxygen atoms in total.